The summed E-state index contributed by atoms with van der Waals surface area (Å²) in [4.78, 5) is 28.3. The monoisotopic (exact) mass is 435 g/mol. The van der Waals surface area contributed by atoms with Crippen LogP contribution in [0.25, 0.3) is 0 Å². The van der Waals surface area contributed by atoms with E-state index in [2.05, 4.69) is 4.98 Å². The molecule has 1 aliphatic heterocycles. The Balaban J connectivity index is 1.92. The first-order valence-electron chi connectivity index (χ1n) is 9.67. The zero-order valence-corrected chi connectivity index (χ0v) is 17.7. The van der Waals surface area contributed by atoms with Crippen molar-refractivity contribution < 1.29 is 28.5 Å². The molecule has 32 heavy (non-hydrogen) atoms. The van der Waals surface area contributed by atoms with Gasteiger partial charge < -0.3 is 24.7 Å². The van der Waals surface area contributed by atoms with Gasteiger partial charge in [0.05, 0.1) is 30.8 Å². The van der Waals surface area contributed by atoms with Crippen LogP contribution in [-0.4, -0.2) is 30.6 Å². The molecule has 0 aliphatic carbocycles. The maximum atomic E-state index is 12.6. The van der Waals surface area contributed by atoms with E-state index in [9.17, 15) is 14.9 Å². The van der Waals surface area contributed by atoms with Crippen molar-refractivity contribution in [2.45, 2.75) is 19.8 Å². The zero-order valence-electron chi connectivity index (χ0n) is 17.7. The molecule has 1 atom stereocenters. The van der Waals surface area contributed by atoms with Crippen molar-refractivity contribution in [2.24, 2.45) is 5.73 Å². The number of nitriles is 1. The van der Waals surface area contributed by atoms with E-state index in [1.807, 2.05) is 6.07 Å². The Bertz CT molecular complexity index is 1150. The van der Waals surface area contributed by atoms with E-state index >= 15 is 0 Å². The van der Waals surface area contributed by atoms with Gasteiger partial charge in [0, 0.05) is 12.3 Å². The molecule has 2 N–H and O–H groups in total. The van der Waals surface area contributed by atoms with E-state index in [4.69, 9.17) is 24.7 Å². The SMILES string of the molecule is CCOC(=O)C1=C(C)OC(N)=C(C#N)C1c1ccc(Oc2cc(C(=O)OC)ccn2)cc1. The predicted molar refractivity (Wildman–Crippen MR) is 112 cm³/mol. The summed E-state index contributed by atoms with van der Waals surface area (Å²) < 4.78 is 21.0. The van der Waals surface area contributed by atoms with E-state index in [1.165, 1.54) is 25.4 Å². The van der Waals surface area contributed by atoms with Gasteiger partial charge in [-0.3, -0.25) is 0 Å². The second kappa shape index (κ2) is 9.66. The number of hydrogen-bond donors (Lipinski definition) is 1. The van der Waals surface area contributed by atoms with E-state index < -0.39 is 17.9 Å². The number of allylic oxidation sites excluding steroid dienone is 2. The van der Waals surface area contributed by atoms with Gasteiger partial charge in [-0.2, -0.15) is 5.26 Å². The summed E-state index contributed by atoms with van der Waals surface area (Å²) in [5.74, 6) is -0.988. The predicted octanol–water partition coefficient (Wildman–Crippen LogP) is 3.31. The highest BCUT2D eigenvalue weighted by Crippen LogP contribution is 2.40. The number of ether oxygens (including phenoxy) is 4. The molecule has 0 saturated heterocycles. The Hall–Kier alpha value is -4.32. The Labute approximate surface area is 184 Å². The Morgan fingerprint density at radius 1 is 1.22 bits per heavy atom. The fraction of sp³-hybridized carbons (Fsp3) is 0.217. The summed E-state index contributed by atoms with van der Waals surface area (Å²) in [5, 5.41) is 9.64. The summed E-state index contributed by atoms with van der Waals surface area (Å²) in [5.41, 5.74) is 7.15. The minimum Gasteiger partial charge on any atom is -0.465 e. The van der Waals surface area contributed by atoms with Gasteiger partial charge >= 0.3 is 11.9 Å². The maximum absolute atomic E-state index is 12.6. The third-order valence-corrected chi connectivity index (χ3v) is 4.69. The third kappa shape index (κ3) is 4.54. The normalized spacial score (nSPS) is 15.5. The van der Waals surface area contributed by atoms with Crippen LogP contribution in [0.15, 0.2) is 65.4 Å². The zero-order chi connectivity index (χ0) is 23.3. The van der Waals surface area contributed by atoms with E-state index in [0.717, 1.165) is 0 Å². The van der Waals surface area contributed by atoms with E-state index in [-0.39, 0.29) is 35.3 Å². The standard InChI is InChI=1S/C23H21N3O6/c1-4-30-23(28)19-13(2)31-21(25)17(12-24)20(19)14-5-7-16(8-6-14)32-18-11-15(9-10-26-18)22(27)29-3/h5-11,20H,4,25H2,1-3H3. The molecule has 0 fully saturated rings. The second-order valence-corrected chi connectivity index (χ2v) is 6.66. The molecule has 164 valence electrons. The number of esters is 2. The van der Waals surface area contributed by atoms with Crippen LogP contribution in [0.4, 0.5) is 0 Å². The van der Waals surface area contributed by atoms with Gasteiger partial charge in [-0.1, -0.05) is 12.1 Å². The molecule has 0 bridgehead atoms. The molecule has 9 nitrogen and oxygen atoms in total. The lowest BCUT2D eigenvalue weighted by Gasteiger charge is -2.26. The summed E-state index contributed by atoms with van der Waals surface area (Å²) in [7, 11) is 1.29. The van der Waals surface area contributed by atoms with Gasteiger partial charge in [0.1, 0.15) is 23.2 Å². The number of hydrogen-bond acceptors (Lipinski definition) is 9. The number of carbonyl (C=O) groups is 2. The maximum Gasteiger partial charge on any atom is 0.338 e. The Kier molecular flexibility index (Phi) is 6.75. The smallest absolute Gasteiger partial charge is 0.338 e. The van der Waals surface area contributed by atoms with Crippen molar-refractivity contribution in [3.63, 3.8) is 0 Å². The fourth-order valence-electron chi connectivity index (χ4n) is 3.25. The molecular weight excluding hydrogens is 414 g/mol. The third-order valence-electron chi connectivity index (χ3n) is 4.69. The molecular formula is C23H21N3O6. The minimum atomic E-state index is -0.748. The average molecular weight is 435 g/mol. The van der Waals surface area contributed by atoms with Crippen LogP contribution in [0.5, 0.6) is 11.6 Å². The minimum absolute atomic E-state index is 0.0628. The van der Waals surface area contributed by atoms with Gasteiger partial charge in [-0.05, 0) is 37.6 Å². The molecule has 0 radical (unpaired) electrons. The average Bonchev–Trinajstić information content (AvgIpc) is 2.79. The molecule has 0 spiro atoms. The van der Waals surface area contributed by atoms with Crippen LogP contribution in [0, 0.1) is 11.3 Å². The van der Waals surface area contributed by atoms with E-state index in [0.29, 0.717) is 16.9 Å². The number of nitrogens with two attached hydrogens (primary N) is 1. The number of rotatable bonds is 6. The number of methoxy groups -OCH3 is 1. The highest BCUT2D eigenvalue weighted by atomic mass is 16.5. The number of aromatic nitrogens is 1. The lowest BCUT2D eigenvalue weighted by molar-refractivity contribution is -0.139. The molecule has 3 rings (SSSR count). The first-order valence-corrected chi connectivity index (χ1v) is 9.67. The second-order valence-electron chi connectivity index (χ2n) is 6.66. The quantitative estimate of drug-likeness (QED) is 0.678. The van der Waals surface area contributed by atoms with Crippen LogP contribution in [0.1, 0.15) is 35.7 Å². The van der Waals surface area contributed by atoms with Crippen molar-refractivity contribution in [1.82, 2.24) is 4.98 Å². The molecule has 2 heterocycles. The topological polar surface area (TPSA) is 134 Å². The van der Waals surface area contributed by atoms with Crippen LogP contribution in [-0.2, 0) is 19.0 Å². The molecule has 1 aliphatic rings. The Morgan fingerprint density at radius 2 is 1.94 bits per heavy atom. The van der Waals surface area contributed by atoms with Gasteiger partial charge in [0.15, 0.2) is 0 Å². The summed E-state index contributed by atoms with van der Waals surface area (Å²) >= 11 is 0. The number of benzene rings is 1. The van der Waals surface area contributed by atoms with Gasteiger partial charge in [0.2, 0.25) is 11.8 Å². The van der Waals surface area contributed by atoms with Crippen LogP contribution >= 0.6 is 0 Å². The van der Waals surface area contributed by atoms with Crippen LogP contribution < -0.4 is 10.5 Å². The van der Waals surface area contributed by atoms with Crippen molar-refractivity contribution in [1.29, 1.82) is 5.26 Å². The molecule has 2 aromatic rings. The van der Waals surface area contributed by atoms with Gasteiger partial charge in [0.25, 0.3) is 0 Å². The molecule has 1 aromatic heterocycles. The highest BCUT2D eigenvalue weighted by Gasteiger charge is 2.36. The summed E-state index contributed by atoms with van der Waals surface area (Å²) in [6.07, 6.45) is 1.43. The van der Waals surface area contributed by atoms with Crippen molar-refractivity contribution in [2.75, 3.05) is 13.7 Å². The molecule has 0 saturated carbocycles. The van der Waals surface area contributed by atoms with Crippen molar-refractivity contribution in [3.05, 3.63) is 76.5 Å². The summed E-state index contributed by atoms with van der Waals surface area (Å²) in [6.45, 7) is 3.46. The number of carbonyl (C=O) groups excluding carboxylic acids is 2. The van der Waals surface area contributed by atoms with Crippen molar-refractivity contribution in [3.8, 4) is 17.7 Å². The van der Waals surface area contributed by atoms with Gasteiger partial charge in [-0.15, -0.1) is 0 Å². The lowest BCUT2D eigenvalue weighted by atomic mass is 9.83. The molecule has 1 unspecified atom stereocenters. The first kappa shape index (κ1) is 22.4. The van der Waals surface area contributed by atoms with Crippen LogP contribution in [0.2, 0.25) is 0 Å². The highest BCUT2D eigenvalue weighted by molar-refractivity contribution is 5.92. The van der Waals surface area contributed by atoms with Gasteiger partial charge in [-0.25, -0.2) is 14.6 Å². The Morgan fingerprint density at radius 3 is 2.56 bits per heavy atom. The number of nitrogens with zero attached hydrogens (tertiary/aromatic N) is 2. The van der Waals surface area contributed by atoms with E-state index in [1.54, 1.807) is 38.1 Å². The molecule has 0 amide bonds. The molecule has 9 heteroatoms. The molecule has 1 aromatic carbocycles. The van der Waals surface area contributed by atoms with Crippen molar-refractivity contribution >= 4 is 11.9 Å². The first-order chi connectivity index (χ1) is 15.4. The summed E-state index contributed by atoms with van der Waals surface area (Å²) in [6, 6.07) is 11.7. The largest absolute Gasteiger partial charge is 0.465 e. The fourth-order valence-corrected chi connectivity index (χ4v) is 3.25. The van der Waals surface area contributed by atoms with Crippen LogP contribution in [0.3, 0.4) is 0 Å². The lowest BCUT2D eigenvalue weighted by Crippen LogP contribution is -2.25. The number of pyridine rings is 1.